The Balaban J connectivity index is 1.86. The molecule has 0 aliphatic carbocycles. The quantitative estimate of drug-likeness (QED) is 0.593. The highest BCUT2D eigenvalue weighted by Gasteiger charge is 2.20. The number of carbonyl (C=O) groups excluding carboxylic acids is 1. The summed E-state index contributed by atoms with van der Waals surface area (Å²) in [6.45, 7) is 7.43. The summed E-state index contributed by atoms with van der Waals surface area (Å²) >= 11 is 0. The lowest BCUT2D eigenvalue weighted by atomic mass is 10.1. The fourth-order valence-electron chi connectivity index (χ4n) is 3.38. The summed E-state index contributed by atoms with van der Waals surface area (Å²) in [5, 5.41) is 2.92. The Bertz CT molecular complexity index is 1150. The molecule has 6 heteroatoms. The van der Waals surface area contributed by atoms with E-state index in [0.717, 1.165) is 16.7 Å². The van der Waals surface area contributed by atoms with E-state index in [1.54, 1.807) is 31.2 Å². The van der Waals surface area contributed by atoms with Crippen LogP contribution in [0.3, 0.4) is 0 Å². The van der Waals surface area contributed by atoms with E-state index in [9.17, 15) is 13.2 Å². The van der Waals surface area contributed by atoms with Gasteiger partial charge in [-0.1, -0.05) is 42.5 Å². The third-order valence-corrected chi connectivity index (χ3v) is 6.38. The van der Waals surface area contributed by atoms with E-state index >= 15 is 0 Å². The molecule has 3 aromatic carbocycles. The van der Waals surface area contributed by atoms with Gasteiger partial charge < -0.3 is 5.32 Å². The average molecular weight is 423 g/mol. The first-order valence-electron chi connectivity index (χ1n) is 9.73. The Morgan fingerprint density at radius 3 is 2.13 bits per heavy atom. The maximum absolute atomic E-state index is 13.0. The summed E-state index contributed by atoms with van der Waals surface area (Å²) in [7, 11) is -3.84. The summed E-state index contributed by atoms with van der Waals surface area (Å²) in [6, 6.07) is 19.6. The minimum absolute atomic E-state index is 0.0849. The molecule has 2 N–H and O–H groups in total. The Morgan fingerprint density at radius 1 is 0.867 bits per heavy atom. The number of benzene rings is 3. The van der Waals surface area contributed by atoms with Gasteiger partial charge >= 0.3 is 0 Å². The number of carbonyl (C=O) groups is 1. The number of amides is 1. The molecule has 1 atom stereocenters. The van der Waals surface area contributed by atoms with Crippen molar-refractivity contribution in [2.75, 3.05) is 4.72 Å². The highest BCUT2D eigenvalue weighted by Crippen LogP contribution is 2.23. The molecule has 30 heavy (non-hydrogen) atoms. The van der Waals surface area contributed by atoms with Crippen molar-refractivity contribution in [3.8, 4) is 0 Å². The standard InChI is InChI=1S/C24H26N2O3S/c1-16-12-17(2)14-22(13-16)26-30(28,29)23-15-21(11-10-18(23)3)24(27)25-19(4)20-8-6-5-7-9-20/h5-15,19,26H,1-4H3,(H,25,27)/t19-/m0/s1. The second-order valence-electron chi connectivity index (χ2n) is 7.57. The lowest BCUT2D eigenvalue weighted by molar-refractivity contribution is 0.0939. The van der Waals surface area contributed by atoms with E-state index in [1.165, 1.54) is 6.07 Å². The van der Waals surface area contributed by atoms with Gasteiger partial charge in [0.25, 0.3) is 15.9 Å². The average Bonchev–Trinajstić information content (AvgIpc) is 2.67. The van der Waals surface area contributed by atoms with Gasteiger partial charge in [0.2, 0.25) is 0 Å². The van der Waals surface area contributed by atoms with Crippen molar-refractivity contribution in [3.63, 3.8) is 0 Å². The molecule has 0 aliphatic heterocycles. The number of hydrogen-bond donors (Lipinski definition) is 2. The topological polar surface area (TPSA) is 75.3 Å². The second-order valence-corrected chi connectivity index (χ2v) is 9.22. The van der Waals surface area contributed by atoms with Crippen LogP contribution < -0.4 is 10.0 Å². The number of aryl methyl sites for hydroxylation is 3. The van der Waals surface area contributed by atoms with E-state index in [4.69, 9.17) is 0 Å². The predicted molar refractivity (Wildman–Crippen MR) is 120 cm³/mol. The molecule has 0 saturated heterocycles. The van der Waals surface area contributed by atoms with Crippen LogP contribution in [0.4, 0.5) is 5.69 Å². The van der Waals surface area contributed by atoms with Crippen LogP contribution in [0.5, 0.6) is 0 Å². The lowest BCUT2D eigenvalue weighted by Gasteiger charge is -2.16. The molecule has 1 amide bonds. The Morgan fingerprint density at radius 2 is 1.50 bits per heavy atom. The molecule has 0 radical (unpaired) electrons. The summed E-state index contributed by atoms with van der Waals surface area (Å²) in [5.41, 5.74) is 4.27. The minimum atomic E-state index is -3.84. The van der Waals surface area contributed by atoms with E-state index in [1.807, 2.05) is 57.2 Å². The second kappa shape index (κ2) is 8.71. The first kappa shape index (κ1) is 21.6. The van der Waals surface area contributed by atoms with Crippen molar-refractivity contribution in [3.05, 3.63) is 94.5 Å². The number of anilines is 1. The summed E-state index contributed by atoms with van der Waals surface area (Å²) in [6.07, 6.45) is 0. The zero-order chi connectivity index (χ0) is 21.9. The summed E-state index contributed by atoms with van der Waals surface area (Å²) in [5.74, 6) is -0.325. The van der Waals surface area contributed by atoms with Crippen LogP contribution in [0, 0.1) is 20.8 Å². The third-order valence-electron chi connectivity index (χ3n) is 4.86. The molecule has 3 rings (SSSR count). The molecule has 156 valence electrons. The molecule has 0 spiro atoms. The van der Waals surface area contributed by atoms with E-state index in [0.29, 0.717) is 16.8 Å². The first-order valence-corrected chi connectivity index (χ1v) is 11.2. The fourth-order valence-corrected chi connectivity index (χ4v) is 4.69. The van der Waals surface area contributed by atoms with Crippen LogP contribution in [0.1, 0.15) is 45.6 Å². The van der Waals surface area contributed by atoms with Crippen LogP contribution in [-0.4, -0.2) is 14.3 Å². The zero-order valence-electron chi connectivity index (χ0n) is 17.6. The summed E-state index contributed by atoms with van der Waals surface area (Å²) in [4.78, 5) is 12.8. The van der Waals surface area contributed by atoms with Crippen molar-refractivity contribution in [2.45, 2.75) is 38.6 Å². The highest BCUT2D eigenvalue weighted by atomic mass is 32.2. The Labute approximate surface area is 178 Å². The van der Waals surface area contributed by atoms with Gasteiger partial charge in [0.05, 0.1) is 10.9 Å². The van der Waals surface area contributed by atoms with Gasteiger partial charge in [0.1, 0.15) is 0 Å². The summed E-state index contributed by atoms with van der Waals surface area (Å²) < 4.78 is 28.7. The zero-order valence-corrected chi connectivity index (χ0v) is 18.4. The first-order chi connectivity index (χ1) is 14.2. The molecule has 3 aromatic rings. The molecule has 5 nitrogen and oxygen atoms in total. The monoisotopic (exact) mass is 422 g/mol. The molecule has 0 fully saturated rings. The van der Waals surface area contributed by atoms with Crippen molar-refractivity contribution in [1.29, 1.82) is 0 Å². The molecule has 0 aliphatic rings. The van der Waals surface area contributed by atoms with Gasteiger partial charge in [-0.2, -0.15) is 0 Å². The lowest BCUT2D eigenvalue weighted by Crippen LogP contribution is -2.27. The van der Waals surface area contributed by atoms with Gasteiger partial charge in [-0.3, -0.25) is 9.52 Å². The van der Waals surface area contributed by atoms with Crippen molar-refractivity contribution < 1.29 is 13.2 Å². The predicted octanol–water partition coefficient (Wildman–Crippen LogP) is 4.90. The Hall–Kier alpha value is -3.12. The van der Waals surface area contributed by atoms with Gasteiger partial charge in [0, 0.05) is 11.3 Å². The molecule has 0 bridgehead atoms. The molecular weight excluding hydrogens is 396 g/mol. The largest absolute Gasteiger partial charge is 0.346 e. The van der Waals surface area contributed by atoms with Gasteiger partial charge in [0.15, 0.2) is 0 Å². The normalized spacial score (nSPS) is 12.3. The van der Waals surface area contributed by atoms with Crippen LogP contribution in [0.15, 0.2) is 71.6 Å². The number of sulfonamides is 1. The number of nitrogens with one attached hydrogen (secondary N) is 2. The van der Waals surface area contributed by atoms with Crippen molar-refractivity contribution >= 4 is 21.6 Å². The molecular formula is C24H26N2O3S. The van der Waals surface area contributed by atoms with E-state index < -0.39 is 10.0 Å². The van der Waals surface area contributed by atoms with Crippen LogP contribution in [-0.2, 0) is 10.0 Å². The fraction of sp³-hybridized carbons (Fsp3) is 0.208. The number of rotatable bonds is 6. The smallest absolute Gasteiger partial charge is 0.262 e. The van der Waals surface area contributed by atoms with Crippen molar-refractivity contribution in [2.24, 2.45) is 0 Å². The third kappa shape index (κ3) is 5.07. The molecule has 0 heterocycles. The van der Waals surface area contributed by atoms with Crippen LogP contribution in [0.2, 0.25) is 0 Å². The SMILES string of the molecule is Cc1cc(C)cc(NS(=O)(=O)c2cc(C(=O)N[C@@H](C)c3ccccc3)ccc2C)c1. The minimum Gasteiger partial charge on any atom is -0.346 e. The molecule has 0 unspecified atom stereocenters. The molecule has 0 aromatic heterocycles. The van der Waals surface area contributed by atoms with Crippen molar-refractivity contribution in [1.82, 2.24) is 5.32 Å². The van der Waals surface area contributed by atoms with Gasteiger partial charge in [-0.15, -0.1) is 0 Å². The highest BCUT2D eigenvalue weighted by molar-refractivity contribution is 7.92. The maximum atomic E-state index is 13.0. The Kier molecular flexibility index (Phi) is 6.27. The number of hydrogen-bond acceptors (Lipinski definition) is 3. The van der Waals surface area contributed by atoms with E-state index in [2.05, 4.69) is 10.0 Å². The van der Waals surface area contributed by atoms with E-state index in [-0.39, 0.29) is 16.8 Å². The van der Waals surface area contributed by atoms with Crippen LogP contribution in [0.25, 0.3) is 0 Å². The maximum Gasteiger partial charge on any atom is 0.262 e. The van der Waals surface area contributed by atoms with Gasteiger partial charge in [-0.05, 0) is 74.2 Å². The van der Waals surface area contributed by atoms with Gasteiger partial charge in [-0.25, -0.2) is 8.42 Å². The molecule has 0 saturated carbocycles. The van der Waals surface area contributed by atoms with Crippen LogP contribution >= 0.6 is 0 Å².